The second-order valence-electron chi connectivity index (χ2n) is 5.84. The fourth-order valence-corrected chi connectivity index (χ4v) is 2.83. The Morgan fingerprint density at radius 2 is 2.04 bits per heavy atom. The monoisotopic (exact) mass is 328 g/mol. The second-order valence-corrected chi connectivity index (χ2v) is 5.84. The predicted octanol–water partition coefficient (Wildman–Crippen LogP) is 3.19. The van der Waals surface area contributed by atoms with Crippen molar-refractivity contribution in [1.82, 2.24) is 10.3 Å². The van der Waals surface area contributed by atoms with Crippen LogP contribution in [-0.2, 0) is 6.42 Å². The second kappa shape index (κ2) is 7.77. The molecule has 1 fully saturated rings. The van der Waals surface area contributed by atoms with Gasteiger partial charge in [0.15, 0.2) is 0 Å². The van der Waals surface area contributed by atoms with Crippen molar-refractivity contribution in [2.75, 3.05) is 29.9 Å². The van der Waals surface area contributed by atoms with E-state index >= 15 is 0 Å². The first-order chi connectivity index (χ1) is 11.7. The van der Waals surface area contributed by atoms with Gasteiger partial charge in [0, 0.05) is 49.3 Å². The molecule has 2 aromatic rings. The smallest absolute Gasteiger partial charge is 0.319 e. The van der Waals surface area contributed by atoms with Gasteiger partial charge in [0.1, 0.15) is 5.82 Å². The first kappa shape index (κ1) is 16.2. The summed E-state index contributed by atoms with van der Waals surface area (Å²) in [5.74, 6) is -0.344. The van der Waals surface area contributed by atoms with E-state index in [1.807, 2.05) is 24.3 Å². The molecule has 5 nitrogen and oxygen atoms in total. The quantitative estimate of drug-likeness (QED) is 0.886. The Bertz CT molecular complexity index is 687. The van der Waals surface area contributed by atoms with Crippen LogP contribution in [0, 0.1) is 5.82 Å². The predicted molar refractivity (Wildman–Crippen MR) is 92.8 cm³/mol. The van der Waals surface area contributed by atoms with E-state index in [1.165, 1.54) is 12.1 Å². The molecular formula is C18H21FN4O. The van der Waals surface area contributed by atoms with Gasteiger partial charge in [0.25, 0.3) is 0 Å². The molecule has 1 aromatic heterocycles. The maximum atomic E-state index is 13.8. The van der Waals surface area contributed by atoms with Crippen molar-refractivity contribution in [2.24, 2.45) is 0 Å². The summed E-state index contributed by atoms with van der Waals surface area (Å²) < 4.78 is 13.8. The number of amides is 2. The number of rotatable bonds is 5. The van der Waals surface area contributed by atoms with Gasteiger partial charge in [-0.25, -0.2) is 9.18 Å². The summed E-state index contributed by atoms with van der Waals surface area (Å²) in [5, 5.41) is 5.46. The third kappa shape index (κ3) is 4.44. The van der Waals surface area contributed by atoms with Crippen molar-refractivity contribution in [3.05, 3.63) is 54.1 Å². The fraction of sp³-hybridized carbons (Fsp3) is 0.333. The zero-order valence-corrected chi connectivity index (χ0v) is 13.5. The van der Waals surface area contributed by atoms with Gasteiger partial charge in [0.05, 0.1) is 0 Å². The van der Waals surface area contributed by atoms with Crippen LogP contribution in [0.5, 0.6) is 0 Å². The number of hydrogen-bond acceptors (Lipinski definition) is 3. The third-order valence-electron chi connectivity index (χ3n) is 4.00. The van der Waals surface area contributed by atoms with Crippen LogP contribution in [0.4, 0.5) is 20.6 Å². The lowest BCUT2D eigenvalue weighted by atomic mass is 10.2. The summed E-state index contributed by atoms with van der Waals surface area (Å²) in [6.07, 6.45) is 4.61. The topological polar surface area (TPSA) is 57.3 Å². The van der Waals surface area contributed by atoms with Gasteiger partial charge in [-0.15, -0.1) is 0 Å². The number of nitrogens with zero attached hydrogens (tertiary/aromatic N) is 2. The molecule has 0 aliphatic carbocycles. The maximum absolute atomic E-state index is 13.8. The Morgan fingerprint density at radius 3 is 2.79 bits per heavy atom. The standard InChI is InChI=1S/C18H21FN4O/c19-14-11-16(13-17(12-14)23-9-3-4-10-23)22-18(24)21-8-6-15-5-1-2-7-20-15/h1-2,5,7,11-13H,3-4,6,8-10H2,(H2,21,22,24). The Kier molecular flexibility index (Phi) is 5.25. The van der Waals surface area contributed by atoms with Crippen LogP contribution in [0.3, 0.4) is 0 Å². The summed E-state index contributed by atoms with van der Waals surface area (Å²) in [7, 11) is 0. The molecule has 2 heterocycles. The summed E-state index contributed by atoms with van der Waals surface area (Å²) in [6, 6.07) is 9.98. The molecule has 6 heteroatoms. The first-order valence-corrected chi connectivity index (χ1v) is 8.21. The van der Waals surface area contributed by atoms with E-state index in [0.29, 0.717) is 18.7 Å². The SMILES string of the molecule is O=C(NCCc1ccccn1)Nc1cc(F)cc(N2CCCC2)c1. The fourth-order valence-electron chi connectivity index (χ4n) is 2.83. The van der Waals surface area contributed by atoms with Crippen molar-refractivity contribution >= 4 is 17.4 Å². The molecule has 1 aliphatic rings. The lowest BCUT2D eigenvalue weighted by Crippen LogP contribution is -2.30. The van der Waals surface area contributed by atoms with Gasteiger partial charge in [-0.3, -0.25) is 4.98 Å². The van der Waals surface area contributed by atoms with Crippen LogP contribution in [0.25, 0.3) is 0 Å². The minimum Gasteiger partial charge on any atom is -0.371 e. The summed E-state index contributed by atoms with van der Waals surface area (Å²) in [4.78, 5) is 18.3. The molecule has 126 valence electrons. The Hall–Kier alpha value is -2.63. The molecule has 0 unspecified atom stereocenters. The average Bonchev–Trinajstić information content (AvgIpc) is 3.10. The molecule has 0 spiro atoms. The number of halogens is 1. The van der Waals surface area contributed by atoms with Crippen molar-refractivity contribution in [3.63, 3.8) is 0 Å². The number of anilines is 2. The first-order valence-electron chi connectivity index (χ1n) is 8.21. The van der Waals surface area contributed by atoms with Crippen LogP contribution < -0.4 is 15.5 Å². The van der Waals surface area contributed by atoms with Gasteiger partial charge in [-0.05, 0) is 43.2 Å². The number of benzene rings is 1. The minimum atomic E-state index is -0.344. The number of hydrogen-bond donors (Lipinski definition) is 2. The number of nitrogens with one attached hydrogen (secondary N) is 2. The summed E-state index contributed by atoms with van der Waals surface area (Å²) in [6.45, 7) is 2.33. The van der Waals surface area contributed by atoms with Crippen LogP contribution in [0.15, 0.2) is 42.6 Å². The lowest BCUT2D eigenvalue weighted by Gasteiger charge is -2.19. The highest BCUT2D eigenvalue weighted by molar-refractivity contribution is 5.89. The van der Waals surface area contributed by atoms with E-state index in [1.54, 1.807) is 6.20 Å². The molecule has 3 rings (SSSR count). The van der Waals surface area contributed by atoms with Gasteiger partial charge in [-0.2, -0.15) is 0 Å². The van der Waals surface area contributed by atoms with E-state index in [9.17, 15) is 9.18 Å². The highest BCUT2D eigenvalue weighted by Crippen LogP contribution is 2.25. The Labute approximate surface area is 140 Å². The largest absolute Gasteiger partial charge is 0.371 e. The minimum absolute atomic E-state index is 0.344. The van der Waals surface area contributed by atoms with Gasteiger partial charge in [-0.1, -0.05) is 6.07 Å². The third-order valence-corrected chi connectivity index (χ3v) is 4.00. The molecule has 1 saturated heterocycles. The van der Waals surface area contributed by atoms with Crippen molar-refractivity contribution < 1.29 is 9.18 Å². The zero-order valence-electron chi connectivity index (χ0n) is 13.5. The number of urea groups is 1. The zero-order chi connectivity index (χ0) is 16.8. The normalized spacial score (nSPS) is 13.8. The van der Waals surface area contributed by atoms with Gasteiger partial charge in [0.2, 0.25) is 0 Å². The van der Waals surface area contributed by atoms with Crippen LogP contribution in [-0.4, -0.2) is 30.6 Å². The summed E-state index contributed by atoms with van der Waals surface area (Å²) >= 11 is 0. The van der Waals surface area contributed by atoms with Crippen LogP contribution in [0.1, 0.15) is 18.5 Å². The molecule has 0 atom stereocenters. The molecule has 0 radical (unpaired) electrons. The molecule has 1 aliphatic heterocycles. The van der Waals surface area contributed by atoms with Crippen LogP contribution >= 0.6 is 0 Å². The van der Waals surface area contributed by atoms with Crippen molar-refractivity contribution in [2.45, 2.75) is 19.3 Å². The highest BCUT2D eigenvalue weighted by atomic mass is 19.1. The number of carbonyl (C=O) groups is 1. The molecule has 24 heavy (non-hydrogen) atoms. The Balaban J connectivity index is 1.54. The van der Waals surface area contributed by atoms with Gasteiger partial charge < -0.3 is 15.5 Å². The molecule has 0 saturated carbocycles. The van der Waals surface area contributed by atoms with E-state index < -0.39 is 0 Å². The summed E-state index contributed by atoms with van der Waals surface area (Å²) in [5.41, 5.74) is 2.20. The maximum Gasteiger partial charge on any atom is 0.319 e. The van der Waals surface area contributed by atoms with E-state index in [2.05, 4.69) is 20.5 Å². The molecule has 0 bridgehead atoms. The van der Waals surface area contributed by atoms with E-state index in [4.69, 9.17) is 0 Å². The van der Waals surface area contributed by atoms with E-state index in [-0.39, 0.29) is 11.8 Å². The highest BCUT2D eigenvalue weighted by Gasteiger charge is 2.14. The Morgan fingerprint density at radius 1 is 1.21 bits per heavy atom. The number of aromatic nitrogens is 1. The van der Waals surface area contributed by atoms with Gasteiger partial charge >= 0.3 is 6.03 Å². The number of pyridine rings is 1. The molecule has 1 aromatic carbocycles. The lowest BCUT2D eigenvalue weighted by molar-refractivity contribution is 0.252. The van der Waals surface area contributed by atoms with Crippen molar-refractivity contribution in [1.29, 1.82) is 0 Å². The molecular weight excluding hydrogens is 307 g/mol. The molecule has 2 N–H and O–H groups in total. The number of carbonyl (C=O) groups excluding carboxylic acids is 1. The van der Waals surface area contributed by atoms with Crippen molar-refractivity contribution in [3.8, 4) is 0 Å². The molecule has 2 amide bonds. The van der Waals surface area contributed by atoms with Crippen LogP contribution in [0.2, 0.25) is 0 Å². The van der Waals surface area contributed by atoms with E-state index in [0.717, 1.165) is 37.3 Å². The average molecular weight is 328 g/mol.